The van der Waals surface area contributed by atoms with Crippen LogP contribution in [0.3, 0.4) is 0 Å². The minimum Gasteiger partial charge on any atom is -0.543 e. The molecule has 0 spiro atoms. The molecule has 2 atom stereocenters. The number of β-lactam (4-membered cyclic amide) rings is 1. The number of thioether (sulfide) groups is 1. The number of nitrogen functional groups attached to an aromatic ring is 1. The maximum Gasteiger partial charge on any atom is 0.286 e. The van der Waals surface area contributed by atoms with Gasteiger partial charge in [-0.2, -0.15) is 0 Å². The van der Waals surface area contributed by atoms with Crippen LogP contribution in [0.4, 0.5) is 5.13 Å². The number of nitrogens with two attached hydrogens (primary N) is 1. The third-order valence-corrected chi connectivity index (χ3v) is 7.87. The normalized spacial score (nSPS) is 19.8. The van der Waals surface area contributed by atoms with Crippen LogP contribution in [0.15, 0.2) is 52.5 Å². The van der Waals surface area contributed by atoms with Crippen molar-refractivity contribution < 1.29 is 28.7 Å². The number of pyridine rings is 1. The van der Waals surface area contributed by atoms with Gasteiger partial charge in [0.2, 0.25) is 0 Å². The summed E-state index contributed by atoms with van der Waals surface area (Å²) in [5.74, 6) is -2.32. The number of carboxylic acid groups (broad SMARTS) is 1. The van der Waals surface area contributed by atoms with Gasteiger partial charge in [-0.15, -0.1) is 23.1 Å². The Morgan fingerprint density at radius 2 is 2.22 bits per heavy atom. The highest BCUT2D eigenvalue weighted by Gasteiger charge is 2.53. The second-order valence-electron chi connectivity index (χ2n) is 8.19. The van der Waals surface area contributed by atoms with Gasteiger partial charge in [0.25, 0.3) is 17.5 Å². The number of amides is 2. The number of nitrogens with one attached hydrogen (secondary N) is 1. The summed E-state index contributed by atoms with van der Waals surface area (Å²) in [5.41, 5.74) is 8.08. The summed E-state index contributed by atoms with van der Waals surface area (Å²) in [4.78, 5) is 48.0. The highest BCUT2D eigenvalue weighted by molar-refractivity contribution is 8.00. The SMILES string of the molecule is CO/N=C(\C(=O)N[C@@H]1C(=O)N2C(C(=O)[O-])=C(Cn3cc[n+]4cc(C)ccc34)CS[C@@H]12)c1csc(N)n1. The second-order valence-corrected chi connectivity index (χ2v) is 10.2. The van der Waals surface area contributed by atoms with Crippen LogP contribution < -0.4 is 20.6 Å². The summed E-state index contributed by atoms with van der Waals surface area (Å²) >= 11 is 2.50. The smallest absolute Gasteiger partial charge is 0.286 e. The number of nitrogens with zero attached hydrogens (tertiary/aromatic N) is 5. The van der Waals surface area contributed by atoms with Crippen molar-refractivity contribution in [3.05, 3.63) is 58.6 Å². The molecule has 5 heterocycles. The Morgan fingerprint density at radius 1 is 1.42 bits per heavy atom. The van der Waals surface area contributed by atoms with Gasteiger partial charge in [-0.1, -0.05) is 5.16 Å². The van der Waals surface area contributed by atoms with Crippen molar-refractivity contribution in [2.45, 2.75) is 24.9 Å². The number of imidazole rings is 1. The molecule has 14 heteroatoms. The molecular formula is C22H21N7O5S2. The fraction of sp³-hybridized carbons (Fsp3) is 0.273. The standard InChI is InChI=1S/C22H21N7O5S2/c1-11-3-4-14-27(7-11)5-6-28(14)8-12-9-35-20-16(19(31)29(20)17(12)21(32)33)25-18(30)15(26-34-2)13-10-36-22(23)24-13/h3-7,10,16,20H,8-9H2,1-2H3,(H3-,23,24,25,30,32,33)/b26-15-/t16-,20+/m1/s1. The molecular weight excluding hydrogens is 506 g/mol. The van der Waals surface area contributed by atoms with Crippen LogP contribution in [0.2, 0.25) is 0 Å². The number of aromatic nitrogens is 3. The summed E-state index contributed by atoms with van der Waals surface area (Å²) in [6, 6.07) is 2.98. The van der Waals surface area contributed by atoms with E-state index in [1.807, 2.05) is 46.6 Å². The molecule has 0 unspecified atom stereocenters. The molecule has 3 N–H and O–H groups in total. The van der Waals surface area contributed by atoms with Crippen LogP contribution in [0, 0.1) is 6.92 Å². The number of anilines is 1. The van der Waals surface area contributed by atoms with Crippen LogP contribution in [-0.4, -0.2) is 62.2 Å². The lowest BCUT2D eigenvalue weighted by atomic mass is 10.0. The van der Waals surface area contributed by atoms with Crippen LogP contribution >= 0.6 is 23.1 Å². The zero-order chi connectivity index (χ0) is 25.6. The van der Waals surface area contributed by atoms with Crippen molar-refractivity contribution in [2.24, 2.45) is 5.16 Å². The summed E-state index contributed by atoms with van der Waals surface area (Å²) < 4.78 is 3.86. The topological polar surface area (TPSA) is 159 Å². The Balaban J connectivity index is 1.37. The third kappa shape index (κ3) is 4.07. The molecule has 1 fully saturated rings. The van der Waals surface area contributed by atoms with E-state index in [1.165, 1.54) is 23.8 Å². The molecule has 186 valence electrons. The molecule has 2 aliphatic rings. The largest absolute Gasteiger partial charge is 0.543 e. The van der Waals surface area contributed by atoms with Crippen molar-refractivity contribution in [3.63, 3.8) is 0 Å². The molecule has 0 bridgehead atoms. The molecule has 2 amide bonds. The molecule has 3 aromatic heterocycles. The van der Waals surface area contributed by atoms with E-state index in [0.717, 1.165) is 22.5 Å². The summed E-state index contributed by atoms with van der Waals surface area (Å²) in [5, 5.41) is 19.7. The number of carbonyl (C=O) groups excluding carboxylic acids is 3. The number of aliphatic carboxylic acids is 1. The number of aryl methyl sites for hydroxylation is 1. The highest BCUT2D eigenvalue weighted by atomic mass is 32.2. The van der Waals surface area contributed by atoms with Crippen LogP contribution in [-0.2, 0) is 25.8 Å². The Kier molecular flexibility index (Phi) is 6.14. The lowest BCUT2D eigenvalue weighted by molar-refractivity contribution is -0.511. The maximum absolute atomic E-state index is 13.0. The van der Waals surface area contributed by atoms with Gasteiger partial charge in [-0.3, -0.25) is 14.5 Å². The fourth-order valence-corrected chi connectivity index (χ4v) is 6.13. The first-order valence-electron chi connectivity index (χ1n) is 10.8. The molecule has 0 saturated carbocycles. The molecule has 36 heavy (non-hydrogen) atoms. The number of oxime groups is 1. The predicted molar refractivity (Wildman–Crippen MR) is 129 cm³/mol. The lowest BCUT2D eigenvalue weighted by Crippen LogP contribution is -2.71. The Bertz CT molecular complexity index is 1460. The molecule has 1 saturated heterocycles. The van der Waals surface area contributed by atoms with E-state index in [1.54, 1.807) is 5.38 Å². The van der Waals surface area contributed by atoms with Gasteiger partial charge in [-0.25, -0.2) is 14.0 Å². The van der Waals surface area contributed by atoms with E-state index in [0.29, 0.717) is 11.3 Å². The van der Waals surface area contributed by atoms with Crippen molar-refractivity contribution in [1.82, 2.24) is 19.8 Å². The number of carboxylic acids is 1. The van der Waals surface area contributed by atoms with E-state index in [4.69, 9.17) is 10.6 Å². The molecule has 3 aromatic rings. The number of thiazole rings is 1. The first kappa shape index (κ1) is 23.8. The first-order chi connectivity index (χ1) is 17.3. The van der Waals surface area contributed by atoms with E-state index >= 15 is 0 Å². The number of hydrogen-bond donors (Lipinski definition) is 2. The van der Waals surface area contributed by atoms with Gasteiger partial charge in [0.1, 0.15) is 43.2 Å². The van der Waals surface area contributed by atoms with Crippen molar-refractivity contribution in [3.8, 4) is 0 Å². The lowest BCUT2D eigenvalue weighted by Gasteiger charge is -2.50. The Labute approximate surface area is 213 Å². The fourth-order valence-electron chi connectivity index (χ4n) is 4.25. The van der Waals surface area contributed by atoms with Crippen molar-refractivity contribution in [2.75, 3.05) is 18.6 Å². The van der Waals surface area contributed by atoms with E-state index in [9.17, 15) is 19.5 Å². The Hall–Kier alpha value is -3.91. The Morgan fingerprint density at radius 3 is 2.92 bits per heavy atom. The van der Waals surface area contributed by atoms with E-state index < -0.39 is 29.2 Å². The van der Waals surface area contributed by atoms with Crippen LogP contribution in [0.25, 0.3) is 5.65 Å². The number of carbonyl (C=O) groups is 3. The van der Waals surface area contributed by atoms with Gasteiger partial charge in [0, 0.05) is 22.8 Å². The van der Waals surface area contributed by atoms with Gasteiger partial charge in [0.15, 0.2) is 10.8 Å². The zero-order valence-electron chi connectivity index (χ0n) is 19.2. The van der Waals surface area contributed by atoms with E-state index in [-0.39, 0.29) is 28.8 Å². The molecule has 0 aromatic carbocycles. The quantitative estimate of drug-likeness (QED) is 0.172. The van der Waals surface area contributed by atoms with Crippen molar-refractivity contribution >= 4 is 57.4 Å². The minimum absolute atomic E-state index is 0.138. The molecule has 12 nitrogen and oxygen atoms in total. The average Bonchev–Trinajstić information content (AvgIpc) is 3.45. The van der Waals surface area contributed by atoms with Crippen molar-refractivity contribution in [1.29, 1.82) is 0 Å². The molecule has 2 aliphatic heterocycles. The van der Waals surface area contributed by atoms with E-state index in [2.05, 4.69) is 15.5 Å². The van der Waals surface area contributed by atoms with Gasteiger partial charge >= 0.3 is 0 Å². The summed E-state index contributed by atoms with van der Waals surface area (Å²) in [7, 11) is 1.28. The maximum atomic E-state index is 13.0. The number of fused-ring (bicyclic) bond motifs is 2. The number of rotatable bonds is 7. The predicted octanol–water partition coefficient (Wildman–Crippen LogP) is -0.971. The van der Waals surface area contributed by atoms with Crippen LogP contribution in [0.5, 0.6) is 0 Å². The molecule has 0 aliphatic carbocycles. The third-order valence-electron chi connectivity index (χ3n) is 5.85. The summed E-state index contributed by atoms with van der Waals surface area (Å²) in [6.45, 7) is 2.26. The summed E-state index contributed by atoms with van der Waals surface area (Å²) in [6.07, 6.45) is 5.71. The highest BCUT2D eigenvalue weighted by Crippen LogP contribution is 2.40. The molecule has 0 radical (unpaired) electrons. The van der Waals surface area contributed by atoms with Crippen LogP contribution in [0.1, 0.15) is 11.3 Å². The first-order valence-corrected chi connectivity index (χ1v) is 12.7. The second kappa shape index (κ2) is 9.28. The van der Waals surface area contributed by atoms with Gasteiger partial charge in [0.05, 0.1) is 17.9 Å². The van der Waals surface area contributed by atoms with Gasteiger partial charge < -0.3 is 25.8 Å². The van der Waals surface area contributed by atoms with Gasteiger partial charge in [-0.05, 0) is 18.6 Å². The average molecular weight is 528 g/mol. The monoisotopic (exact) mass is 527 g/mol. The minimum atomic E-state index is -1.44. The number of hydrogen-bond acceptors (Lipinski definition) is 10. The zero-order valence-corrected chi connectivity index (χ0v) is 20.8. The molecule has 5 rings (SSSR count).